The van der Waals surface area contributed by atoms with Crippen molar-refractivity contribution in [2.24, 2.45) is 5.73 Å². The van der Waals surface area contributed by atoms with E-state index < -0.39 is 0 Å². The maximum Gasteiger partial charge on any atom is 0.0449 e. The van der Waals surface area contributed by atoms with Gasteiger partial charge in [-0.05, 0) is 30.5 Å². The first-order valence-electron chi connectivity index (χ1n) is 7.97. The van der Waals surface area contributed by atoms with Crippen LogP contribution in [-0.2, 0) is 0 Å². The lowest BCUT2D eigenvalue weighted by atomic mass is 9.75. The summed E-state index contributed by atoms with van der Waals surface area (Å²) in [6.07, 6.45) is 1.52. The van der Waals surface area contributed by atoms with Crippen molar-refractivity contribution >= 4 is 0 Å². The predicted molar refractivity (Wildman–Crippen MR) is 89.8 cm³/mol. The summed E-state index contributed by atoms with van der Waals surface area (Å²) < 4.78 is 0. The molecule has 22 heavy (non-hydrogen) atoms. The zero-order valence-corrected chi connectivity index (χ0v) is 12.8. The number of benzene rings is 2. The lowest BCUT2D eigenvalue weighted by Gasteiger charge is -2.37. The Kier molecular flexibility index (Phi) is 4.57. The van der Waals surface area contributed by atoms with Crippen molar-refractivity contribution in [2.45, 2.75) is 30.3 Å². The summed E-state index contributed by atoms with van der Waals surface area (Å²) in [7, 11) is 0. The van der Waals surface area contributed by atoms with Crippen molar-refractivity contribution in [3.05, 3.63) is 71.8 Å². The van der Waals surface area contributed by atoms with Crippen molar-refractivity contribution in [3.63, 3.8) is 0 Å². The van der Waals surface area contributed by atoms with E-state index in [2.05, 4.69) is 53.8 Å². The average molecular weight is 296 g/mol. The third-order valence-electron chi connectivity index (χ3n) is 4.80. The third kappa shape index (κ3) is 2.93. The SMILES string of the molecule is NC1(CCO)CCNC1C(c1ccccc1)c1ccccc1. The molecular formula is C19H24N2O. The summed E-state index contributed by atoms with van der Waals surface area (Å²) >= 11 is 0. The van der Waals surface area contributed by atoms with Gasteiger partial charge in [0.05, 0.1) is 0 Å². The van der Waals surface area contributed by atoms with Gasteiger partial charge in [-0.2, -0.15) is 0 Å². The number of rotatable bonds is 5. The fraction of sp³-hybridized carbons (Fsp3) is 0.368. The Balaban J connectivity index is 2.03. The van der Waals surface area contributed by atoms with Crippen LogP contribution in [-0.4, -0.2) is 29.8 Å². The molecule has 2 aromatic rings. The molecule has 1 aliphatic heterocycles. The molecule has 3 heteroatoms. The quantitative estimate of drug-likeness (QED) is 0.793. The molecule has 0 amide bonds. The van der Waals surface area contributed by atoms with Crippen LogP contribution in [0, 0.1) is 0 Å². The van der Waals surface area contributed by atoms with E-state index in [9.17, 15) is 5.11 Å². The van der Waals surface area contributed by atoms with Crippen LogP contribution in [0.5, 0.6) is 0 Å². The van der Waals surface area contributed by atoms with Gasteiger partial charge in [0.25, 0.3) is 0 Å². The minimum Gasteiger partial charge on any atom is -0.396 e. The molecule has 0 bridgehead atoms. The first kappa shape index (κ1) is 15.2. The zero-order chi connectivity index (χ0) is 15.4. The van der Waals surface area contributed by atoms with Gasteiger partial charge in [0.1, 0.15) is 0 Å². The van der Waals surface area contributed by atoms with Gasteiger partial charge in [-0.25, -0.2) is 0 Å². The van der Waals surface area contributed by atoms with Gasteiger partial charge in [-0.3, -0.25) is 0 Å². The van der Waals surface area contributed by atoms with Crippen molar-refractivity contribution in [1.29, 1.82) is 0 Å². The second-order valence-electron chi connectivity index (χ2n) is 6.19. The molecule has 0 saturated carbocycles. The van der Waals surface area contributed by atoms with Crippen molar-refractivity contribution in [1.82, 2.24) is 5.32 Å². The summed E-state index contributed by atoms with van der Waals surface area (Å²) in [6, 6.07) is 21.2. The van der Waals surface area contributed by atoms with Gasteiger partial charge in [0, 0.05) is 24.1 Å². The summed E-state index contributed by atoms with van der Waals surface area (Å²) in [4.78, 5) is 0. The van der Waals surface area contributed by atoms with Crippen LogP contribution >= 0.6 is 0 Å². The Labute approximate surface area is 132 Å². The van der Waals surface area contributed by atoms with Crippen LogP contribution in [0.15, 0.2) is 60.7 Å². The molecule has 116 valence electrons. The van der Waals surface area contributed by atoms with Gasteiger partial charge in [-0.15, -0.1) is 0 Å². The Morgan fingerprint density at radius 2 is 1.59 bits per heavy atom. The molecular weight excluding hydrogens is 272 g/mol. The van der Waals surface area contributed by atoms with Gasteiger partial charge in [0.15, 0.2) is 0 Å². The molecule has 3 nitrogen and oxygen atoms in total. The van der Waals surface area contributed by atoms with Crippen LogP contribution in [0.2, 0.25) is 0 Å². The fourth-order valence-corrected chi connectivity index (χ4v) is 3.66. The van der Waals surface area contributed by atoms with E-state index in [1.54, 1.807) is 0 Å². The minimum absolute atomic E-state index is 0.129. The van der Waals surface area contributed by atoms with E-state index in [1.807, 2.05) is 12.1 Å². The number of nitrogens with two attached hydrogens (primary N) is 1. The monoisotopic (exact) mass is 296 g/mol. The summed E-state index contributed by atoms with van der Waals surface area (Å²) in [5.74, 6) is 0.196. The van der Waals surface area contributed by atoms with Crippen molar-refractivity contribution < 1.29 is 5.11 Å². The van der Waals surface area contributed by atoms with Crippen molar-refractivity contribution in [2.75, 3.05) is 13.2 Å². The third-order valence-corrected chi connectivity index (χ3v) is 4.80. The molecule has 3 rings (SSSR count). The summed E-state index contributed by atoms with van der Waals surface area (Å²) in [5.41, 5.74) is 8.83. The lowest BCUT2D eigenvalue weighted by molar-refractivity contribution is 0.219. The molecule has 4 N–H and O–H groups in total. The fourth-order valence-electron chi connectivity index (χ4n) is 3.66. The van der Waals surface area contributed by atoms with E-state index in [1.165, 1.54) is 11.1 Å². The molecule has 0 aromatic heterocycles. The highest BCUT2D eigenvalue weighted by Crippen LogP contribution is 2.37. The molecule has 0 aliphatic carbocycles. The molecule has 0 spiro atoms. The number of hydrogen-bond acceptors (Lipinski definition) is 3. The number of aliphatic hydroxyl groups is 1. The van der Waals surface area contributed by atoms with Crippen LogP contribution in [0.1, 0.15) is 29.9 Å². The molecule has 1 saturated heterocycles. The number of nitrogens with one attached hydrogen (secondary N) is 1. The topological polar surface area (TPSA) is 58.3 Å². The first-order chi connectivity index (χ1) is 10.7. The normalized spacial score (nSPS) is 24.8. The van der Waals surface area contributed by atoms with E-state index in [0.717, 1.165) is 13.0 Å². The highest BCUT2D eigenvalue weighted by Gasteiger charge is 2.44. The highest BCUT2D eigenvalue weighted by molar-refractivity contribution is 5.36. The van der Waals surface area contributed by atoms with E-state index in [-0.39, 0.29) is 24.1 Å². The number of hydrogen-bond donors (Lipinski definition) is 3. The molecule has 2 aromatic carbocycles. The Morgan fingerprint density at radius 3 is 2.09 bits per heavy atom. The van der Waals surface area contributed by atoms with E-state index in [0.29, 0.717) is 6.42 Å². The average Bonchev–Trinajstić information content (AvgIpc) is 2.92. The van der Waals surface area contributed by atoms with Crippen LogP contribution in [0.3, 0.4) is 0 Å². The van der Waals surface area contributed by atoms with Gasteiger partial charge in [0.2, 0.25) is 0 Å². The molecule has 2 unspecified atom stereocenters. The first-order valence-corrected chi connectivity index (χ1v) is 7.97. The molecule has 1 fully saturated rings. The maximum atomic E-state index is 9.42. The largest absolute Gasteiger partial charge is 0.396 e. The van der Waals surface area contributed by atoms with Gasteiger partial charge in [-0.1, -0.05) is 60.7 Å². The maximum absolute atomic E-state index is 9.42. The second kappa shape index (κ2) is 6.61. The summed E-state index contributed by atoms with van der Waals surface area (Å²) in [5, 5.41) is 13.0. The molecule has 2 atom stereocenters. The number of aliphatic hydroxyl groups excluding tert-OH is 1. The van der Waals surface area contributed by atoms with Gasteiger partial charge < -0.3 is 16.2 Å². The van der Waals surface area contributed by atoms with Crippen LogP contribution < -0.4 is 11.1 Å². The standard InChI is InChI=1S/C19H24N2O/c20-19(12-14-22)11-13-21-18(19)17(15-7-3-1-4-8-15)16-9-5-2-6-10-16/h1-10,17-18,21-22H,11-14,20H2. The van der Waals surface area contributed by atoms with Crippen molar-refractivity contribution in [3.8, 4) is 0 Å². The lowest BCUT2D eigenvalue weighted by Crippen LogP contribution is -2.54. The Bertz CT molecular complexity index is 547. The smallest absolute Gasteiger partial charge is 0.0449 e. The Hall–Kier alpha value is -1.68. The zero-order valence-electron chi connectivity index (χ0n) is 12.8. The van der Waals surface area contributed by atoms with Gasteiger partial charge >= 0.3 is 0 Å². The summed E-state index contributed by atoms with van der Waals surface area (Å²) in [6.45, 7) is 1.03. The predicted octanol–water partition coefficient (Wildman–Crippen LogP) is 2.26. The van der Waals surface area contributed by atoms with Crippen LogP contribution in [0.25, 0.3) is 0 Å². The van der Waals surface area contributed by atoms with E-state index in [4.69, 9.17) is 5.73 Å². The van der Waals surface area contributed by atoms with E-state index >= 15 is 0 Å². The van der Waals surface area contributed by atoms with Crippen LogP contribution in [0.4, 0.5) is 0 Å². The molecule has 0 radical (unpaired) electrons. The minimum atomic E-state index is -0.370. The second-order valence-corrected chi connectivity index (χ2v) is 6.19. The molecule has 1 aliphatic rings. The Morgan fingerprint density at radius 1 is 1.05 bits per heavy atom. The highest BCUT2D eigenvalue weighted by atomic mass is 16.3. The molecule has 1 heterocycles.